The summed E-state index contributed by atoms with van der Waals surface area (Å²) in [4.78, 5) is 15.2. The molecule has 1 aliphatic heterocycles. The molecule has 4 nitrogen and oxygen atoms in total. The fourth-order valence-corrected chi connectivity index (χ4v) is 2.30. The number of hydrogen-bond donors (Lipinski definition) is 2. The summed E-state index contributed by atoms with van der Waals surface area (Å²) in [5.41, 5.74) is 4.07. The molecule has 1 unspecified atom stereocenters. The molecule has 0 fully saturated rings. The van der Waals surface area contributed by atoms with Gasteiger partial charge in [0.1, 0.15) is 6.04 Å². The monoisotopic (exact) mass is 266 g/mol. The van der Waals surface area contributed by atoms with Crippen LogP contribution in [0.15, 0.2) is 55.0 Å². The quantitative estimate of drug-likeness (QED) is 0.896. The number of carbonyl (C=O) groups is 1. The molecule has 1 aromatic heterocycles. The lowest BCUT2D eigenvalue weighted by atomic mass is 10.0. The largest absolute Gasteiger partial charge is 0.480 e. The Balaban J connectivity index is 1.88. The van der Waals surface area contributed by atoms with Crippen molar-refractivity contribution >= 4 is 11.5 Å². The SMILES string of the molecule is O=C(O)C1CC(c2cncc(-c3ccccc3)c2)=CN1. The number of hydrogen-bond acceptors (Lipinski definition) is 3. The van der Waals surface area contributed by atoms with E-state index in [0.717, 1.165) is 22.3 Å². The Morgan fingerprint density at radius 2 is 1.90 bits per heavy atom. The van der Waals surface area contributed by atoms with Gasteiger partial charge in [0.25, 0.3) is 0 Å². The van der Waals surface area contributed by atoms with Crippen LogP contribution in [0.3, 0.4) is 0 Å². The van der Waals surface area contributed by atoms with Crippen molar-refractivity contribution in [2.45, 2.75) is 12.5 Å². The van der Waals surface area contributed by atoms with Crippen LogP contribution in [0.2, 0.25) is 0 Å². The molecule has 0 bridgehead atoms. The van der Waals surface area contributed by atoms with Gasteiger partial charge in [-0.05, 0) is 22.8 Å². The minimum absolute atomic E-state index is 0.481. The molecule has 100 valence electrons. The molecule has 4 heteroatoms. The van der Waals surface area contributed by atoms with Gasteiger partial charge < -0.3 is 10.4 Å². The third kappa shape index (κ3) is 2.40. The number of pyridine rings is 1. The third-order valence-corrected chi connectivity index (χ3v) is 3.40. The van der Waals surface area contributed by atoms with Gasteiger partial charge in [0.05, 0.1) is 0 Å². The van der Waals surface area contributed by atoms with Crippen LogP contribution in [0.25, 0.3) is 16.7 Å². The zero-order chi connectivity index (χ0) is 13.9. The van der Waals surface area contributed by atoms with E-state index in [4.69, 9.17) is 5.11 Å². The van der Waals surface area contributed by atoms with E-state index in [1.54, 1.807) is 12.4 Å². The maximum atomic E-state index is 11.0. The molecule has 2 N–H and O–H groups in total. The van der Waals surface area contributed by atoms with Gasteiger partial charge >= 0.3 is 5.97 Å². The molecule has 20 heavy (non-hydrogen) atoms. The van der Waals surface area contributed by atoms with Crippen molar-refractivity contribution in [3.63, 3.8) is 0 Å². The summed E-state index contributed by atoms with van der Waals surface area (Å²) in [6, 6.07) is 11.5. The van der Waals surface area contributed by atoms with Crippen LogP contribution in [0.1, 0.15) is 12.0 Å². The highest BCUT2D eigenvalue weighted by Crippen LogP contribution is 2.27. The second kappa shape index (κ2) is 5.17. The number of nitrogens with one attached hydrogen (secondary N) is 1. The van der Waals surface area contributed by atoms with Gasteiger partial charge in [0.2, 0.25) is 0 Å². The molecule has 2 aromatic rings. The van der Waals surface area contributed by atoms with Crippen LogP contribution in [0, 0.1) is 0 Å². The normalized spacial score (nSPS) is 17.4. The smallest absolute Gasteiger partial charge is 0.326 e. The predicted octanol–water partition coefficient (Wildman–Crippen LogP) is 2.54. The first-order valence-corrected chi connectivity index (χ1v) is 6.43. The van der Waals surface area contributed by atoms with Gasteiger partial charge in [0, 0.05) is 30.6 Å². The number of benzene rings is 1. The minimum Gasteiger partial charge on any atom is -0.480 e. The molecule has 0 spiro atoms. The van der Waals surface area contributed by atoms with Gasteiger partial charge in [-0.3, -0.25) is 4.98 Å². The van der Waals surface area contributed by atoms with Crippen LogP contribution in [0.5, 0.6) is 0 Å². The van der Waals surface area contributed by atoms with E-state index in [2.05, 4.69) is 10.3 Å². The Morgan fingerprint density at radius 1 is 1.15 bits per heavy atom. The second-order valence-corrected chi connectivity index (χ2v) is 4.76. The highest BCUT2D eigenvalue weighted by molar-refractivity contribution is 5.81. The zero-order valence-electron chi connectivity index (χ0n) is 10.8. The maximum Gasteiger partial charge on any atom is 0.326 e. The fourth-order valence-electron chi connectivity index (χ4n) is 2.30. The molecule has 1 atom stereocenters. The van der Waals surface area contributed by atoms with Gasteiger partial charge in [-0.25, -0.2) is 4.79 Å². The van der Waals surface area contributed by atoms with Crippen molar-refractivity contribution in [3.8, 4) is 11.1 Å². The molecule has 1 aromatic carbocycles. The lowest BCUT2D eigenvalue weighted by Gasteiger charge is -2.06. The first-order chi connectivity index (χ1) is 9.74. The third-order valence-electron chi connectivity index (χ3n) is 3.40. The summed E-state index contributed by atoms with van der Waals surface area (Å²) >= 11 is 0. The van der Waals surface area contributed by atoms with Gasteiger partial charge in [-0.1, -0.05) is 30.3 Å². The van der Waals surface area contributed by atoms with Crippen molar-refractivity contribution < 1.29 is 9.90 Å². The van der Waals surface area contributed by atoms with E-state index < -0.39 is 12.0 Å². The molecule has 2 heterocycles. The van der Waals surface area contributed by atoms with Crippen LogP contribution in [-0.4, -0.2) is 22.1 Å². The Kier molecular flexibility index (Phi) is 3.21. The van der Waals surface area contributed by atoms with Crippen molar-refractivity contribution in [3.05, 3.63) is 60.6 Å². The van der Waals surface area contributed by atoms with E-state index >= 15 is 0 Å². The number of nitrogens with zero attached hydrogens (tertiary/aromatic N) is 1. The Labute approximate surface area is 116 Å². The zero-order valence-corrected chi connectivity index (χ0v) is 10.8. The van der Waals surface area contributed by atoms with Crippen LogP contribution in [0.4, 0.5) is 0 Å². The van der Waals surface area contributed by atoms with Gasteiger partial charge in [-0.15, -0.1) is 0 Å². The van der Waals surface area contributed by atoms with E-state index in [0.29, 0.717) is 6.42 Å². The van der Waals surface area contributed by atoms with E-state index in [9.17, 15) is 4.79 Å². The summed E-state index contributed by atoms with van der Waals surface area (Å²) < 4.78 is 0. The van der Waals surface area contributed by atoms with Crippen LogP contribution in [-0.2, 0) is 4.79 Å². The average Bonchev–Trinajstić information content (AvgIpc) is 2.98. The summed E-state index contributed by atoms with van der Waals surface area (Å²) in [6.07, 6.45) is 5.83. The summed E-state index contributed by atoms with van der Waals surface area (Å²) in [7, 11) is 0. The van der Waals surface area contributed by atoms with Crippen molar-refractivity contribution in [1.82, 2.24) is 10.3 Å². The van der Waals surface area contributed by atoms with Gasteiger partial charge in [-0.2, -0.15) is 0 Å². The summed E-state index contributed by atoms with van der Waals surface area (Å²) in [6.45, 7) is 0. The lowest BCUT2D eigenvalue weighted by molar-refractivity contribution is -0.138. The standard InChI is InChI=1S/C16H14N2O2/c19-16(20)15-7-14(10-18-15)13-6-12(8-17-9-13)11-4-2-1-3-5-11/h1-6,8-10,15,18H,7H2,(H,19,20). The van der Waals surface area contributed by atoms with E-state index in [-0.39, 0.29) is 0 Å². The topological polar surface area (TPSA) is 62.2 Å². The highest BCUT2D eigenvalue weighted by atomic mass is 16.4. The van der Waals surface area contributed by atoms with Crippen LogP contribution < -0.4 is 5.32 Å². The van der Waals surface area contributed by atoms with Gasteiger partial charge in [0.15, 0.2) is 0 Å². The highest BCUT2D eigenvalue weighted by Gasteiger charge is 2.23. The molecule has 0 saturated heterocycles. The molecule has 0 radical (unpaired) electrons. The number of carboxylic acids is 1. The fraction of sp³-hybridized carbons (Fsp3) is 0.125. The summed E-state index contributed by atoms with van der Waals surface area (Å²) in [5, 5.41) is 11.9. The van der Waals surface area contributed by atoms with Crippen LogP contribution >= 0.6 is 0 Å². The number of aromatic nitrogens is 1. The Bertz CT molecular complexity index is 665. The number of rotatable bonds is 3. The molecule has 1 aliphatic rings. The molecule has 0 saturated carbocycles. The first kappa shape index (κ1) is 12.4. The van der Waals surface area contributed by atoms with E-state index in [1.807, 2.05) is 42.6 Å². The first-order valence-electron chi connectivity index (χ1n) is 6.43. The van der Waals surface area contributed by atoms with Crippen molar-refractivity contribution in [2.24, 2.45) is 0 Å². The number of aliphatic carboxylic acids is 1. The molecule has 0 aliphatic carbocycles. The average molecular weight is 266 g/mol. The lowest BCUT2D eigenvalue weighted by Crippen LogP contribution is -2.28. The van der Waals surface area contributed by atoms with Crippen molar-refractivity contribution in [1.29, 1.82) is 0 Å². The Hall–Kier alpha value is -2.62. The predicted molar refractivity (Wildman–Crippen MR) is 76.8 cm³/mol. The molecule has 0 amide bonds. The second-order valence-electron chi connectivity index (χ2n) is 4.76. The van der Waals surface area contributed by atoms with E-state index in [1.165, 1.54) is 0 Å². The number of carboxylic acid groups (broad SMARTS) is 1. The molecular formula is C16H14N2O2. The van der Waals surface area contributed by atoms with Crippen molar-refractivity contribution in [2.75, 3.05) is 0 Å². The minimum atomic E-state index is -0.830. The molecular weight excluding hydrogens is 252 g/mol. The maximum absolute atomic E-state index is 11.0. The Morgan fingerprint density at radius 3 is 2.60 bits per heavy atom. The molecule has 3 rings (SSSR count). The summed E-state index contributed by atoms with van der Waals surface area (Å²) in [5.74, 6) is -0.830.